The Hall–Kier alpha value is -0.570. The van der Waals surface area contributed by atoms with Crippen molar-refractivity contribution in [2.45, 2.75) is 45.1 Å². The quantitative estimate of drug-likeness (QED) is 0.671. The molecule has 70 valence electrons. The topological polar surface area (TPSA) is 63.3 Å². The molecular formula is C9H17NO2. The summed E-state index contributed by atoms with van der Waals surface area (Å²) in [5.41, 5.74) is 4.96. The van der Waals surface area contributed by atoms with Gasteiger partial charge in [0.2, 0.25) is 0 Å². The van der Waals surface area contributed by atoms with E-state index in [0.717, 1.165) is 6.42 Å². The van der Waals surface area contributed by atoms with Crippen molar-refractivity contribution in [3.8, 4) is 0 Å². The van der Waals surface area contributed by atoms with Gasteiger partial charge in [0.05, 0.1) is 0 Å². The van der Waals surface area contributed by atoms with E-state index in [9.17, 15) is 4.79 Å². The highest BCUT2D eigenvalue weighted by Crippen LogP contribution is 2.49. The summed E-state index contributed by atoms with van der Waals surface area (Å²) in [5.74, 6) is -0.897. The van der Waals surface area contributed by atoms with Crippen LogP contribution in [0, 0.1) is 5.41 Å². The fourth-order valence-corrected chi connectivity index (χ4v) is 1.13. The van der Waals surface area contributed by atoms with Crippen LogP contribution >= 0.6 is 0 Å². The number of hydrogen-bond acceptors (Lipinski definition) is 2. The molecule has 0 radical (unpaired) electrons. The maximum absolute atomic E-state index is 10.6. The van der Waals surface area contributed by atoms with Gasteiger partial charge in [0.25, 0.3) is 0 Å². The molecule has 1 unspecified atom stereocenters. The first-order valence-corrected chi connectivity index (χ1v) is 4.38. The molecule has 1 fully saturated rings. The second-order valence-corrected chi connectivity index (χ2v) is 4.53. The molecule has 0 aromatic heterocycles. The van der Waals surface area contributed by atoms with E-state index < -0.39 is 11.5 Å². The first kappa shape index (κ1) is 9.52. The van der Waals surface area contributed by atoms with Crippen molar-refractivity contribution in [2.24, 2.45) is 11.1 Å². The molecule has 3 heteroatoms. The minimum Gasteiger partial charge on any atom is -0.480 e. The molecule has 0 spiro atoms. The molecule has 1 atom stereocenters. The van der Waals surface area contributed by atoms with Gasteiger partial charge in [-0.25, -0.2) is 0 Å². The van der Waals surface area contributed by atoms with Crippen LogP contribution in [0.15, 0.2) is 0 Å². The van der Waals surface area contributed by atoms with Crippen molar-refractivity contribution in [1.29, 1.82) is 0 Å². The number of hydrogen-bond donors (Lipinski definition) is 2. The summed E-state index contributed by atoms with van der Waals surface area (Å²) >= 11 is 0. The minimum absolute atomic E-state index is 0.399. The summed E-state index contributed by atoms with van der Waals surface area (Å²) in [5, 5.41) is 8.73. The number of rotatable bonds is 4. The number of carbonyl (C=O) groups is 1. The molecule has 0 aromatic rings. The molecule has 3 nitrogen and oxygen atoms in total. The summed E-state index contributed by atoms with van der Waals surface area (Å²) in [4.78, 5) is 10.6. The Kier molecular flexibility index (Phi) is 2.17. The maximum Gasteiger partial charge on any atom is 0.323 e. The highest BCUT2D eigenvalue weighted by molar-refractivity contribution is 5.77. The Morgan fingerprint density at radius 1 is 1.67 bits per heavy atom. The van der Waals surface area contributed by atoms with E-state index in [1.165, 1.54) is 12.8 Å². The molecule has 0 amide bonds. The second kappa shape index (κ2) is 2.73. The summed E-state index contributed by atoms with van der Waals surface area (Å²) in [6, 6.07) is 0. The van der Waals surface area contributed by atoms with E-state index in [0.29, 0.717) is 11.8 Å². The number of carboxylic acid groups (broad SMARTS) is 1. The zero-order valence-electron chi connectivity index (χ0n) is 7.76. The van der Waals surface area contributed by atoms with Gasteiger partial charge in [-0.1, -0.05) is 6.92 Å². The van der Waals surface area contributed by atoms with Gasteiger partial charge in [0, 0.05) is 0 Å². The van der Waals surface area contributed by atoms with Crippen LogP contribution in [-0.4, -0.2) is 16.6 Å². The minimum atomic E-state index is -1.04. The summed E-state index contributed by atoms with van der Waals surface area (Å²) < 4.78 is 0. The molecule has 0 saturated heterocycles. The van der Waals surface area contributed by atoms with E-state index in [-0.39, 0.29) is 0 Å². The summed E-state index contributed by atoms with van der Waals surface area (Å²) in [7, 11) is 0. The molecule has 1 aliphatic carbocycles. The van der Waals surface area contributed by atoms with Crippen molar-refractivity contribution < 1.29 is 9.90 Å². The van der Waals surface area contributed by atoms with Crippen LogP contribution in [0.5, 0.6) is 0 Å². The lowest BCUT2D eigenvalue weighted by atomic mass is 9.91. The van der Waals surface area contributed by atoms with Gasteiger partial charge in [0.15, 0.2) is 0 Å². The molecule has 0 heterocycles. The van der Waals surface area contributed by atoms with Crippen LogP contribution in [0.3, 0.4) is 0 Å². The van der Waals surface area contributed by atoms with E-state index in [1.54, 1.807) is 6.92 Å². The largest absolute Gasteiger partial charge is 0.480 e. The highest BCUT2D eigenvalue weighted by Gasteiger charge is 2.39. The van der Waals surface area contributed by atoms with Crippen LogP contribution in [0.25, 0.3) is 0 Å². The molecule has 1 rings (SSSR count). The Balaban J connectivity index is 2.35. The van der Waals surface area contributed by atoms with Crippen molar-refractivity contribution >= 4 is 5.97 Å². The normalized spacial score (nSPS) is 24.6. The van der Waals surface area contributed by atoms with Crippen LogP contribution in [-0.2, 0) is 4.79 Å². The van der Waals surface area contributed by atoms with Gasteiger partial charge < -0.3 is 10.8 Å². The van der Waals surface area contributed by atoms with Gasteiger partial charge >= 0.3 is 5.97 Å². The monoisotopic (exact) mass is 171 g/mol. The average molecular weight is 171 g/mol. The van der Waals surface area contributed by atoms with E-state index >= 15 is 0 Å². The van der Waals surface area contributed by atoms with E-state index in [1.807, 2.05) is 0 Å². The number of aliphatic carboxylic acids is 1. The SMILES string of the molecule is CC1(CCC(C)(N)C(=O)O)CC1. The third-order valence-electron chi connectivity index (χ3n) is 2.84. The van der Waals surface area contributed by atoms with Gasteiger partial charge in [-0.05, 0) is 38.0 Å². The van der Waals surface area contributed by atoms with Crippen molar-refractivity contribution in [3.05, 3.63) is 0 Å². The smallest absolute Gasteiger partial charge is 0.323 e. The number of carboxylic acids is 1. The van der Waals surface area contributed by atoms with Crippen LogP contribution in [0.1, 0.15) is 39.5 Å². The summed E-state index contributed by atoms with van der Waals surface area (Å²) in [6.45, 7) is 3.77. The zero-order valence-corrected chi connectivity index (χ0v) is 7.76. The Bertz CT molecular complexity index is 195. The molecule has 1 aliphatic rings. The predicted molar refractivity (Wildman–Crippen MR) is 46.8 cm³/mol. The highest BCUT2D eigenvalue weighted by atomic mass is 16.4. The molecule has 0 aliphatic heterocycles. The van der Waals surface area contributed by atoms with Crippen molar-refractivity contribution in [1.82, 2.24) is 0 Å². The molecule has 12 heavy (non-hydrogen) atoms. The third-order valence-corrected chi connectivity index (χ3v) is 2.84. The summed E-state index contributed by atoms with van der Waals surface area (Å²) in [6.07, 6.45) is 3.97. The predicted octanol–water partition coefficient (Wildman–Crippen LogP) is 1.37. The Morgan fingerprint density at radius 2 is 2.17 bits per heavy atom. The second-order valence-electron chi connectivity index (χ2n) is 4.53. The fraction of sp³-hybridized carbons (Fsp3) is 0.889. The van der Waals surface area contributed by atoms with Crippen LogP contribution in [0.2, 0.25) is 0 Å². The molecule has 0 aromatic carbocycles. The first-order chi connectivity index (χ1) is 5.36. The van der Waals surface area contributed by atoms with Crippen molar-refractivity contribution in [2.75, 3.05) is 0 Å². The Morgan fingerprint density at radius 3 is 2.50 bits per heavy atom. The van der Waals surface area contributed by atoms with Crippen LogP contribution < -0.4 is 5.73 Å². The van der Waals surface area contributed by atoms with E-state index in [2.05, 4.69) is 6.92 Å². The van der Waals surface area contributed by atoms with Crippen LogP contribution in [0.4, 0.5) is 0 Å². The lowest BCUT2D eigenvalue weighted by Gasteiger charge is -2.20. The standard InChI is InChI=1S/C9H17NO2/c1-8(3-4-8)5-6-9(2,10)7(11)12/h3-6,10H2,1-2H3,(H,11,12). The lowest BCUT2D eigenvalue weighted by molar-refractivity contribution is -0.143. The fourth-order valence-electron chi connectivity index (χ4n) is 1.13. The lowest BCUT2D eigenvalue weighted by Crippen LogP contribution is -2.45. The Labute approximate surface area is 72.9 Å². The molecule has 0 bridgehead atoms. The zero-order chi connectivity index (χ0) is 9.41. The van der Waals surface area contributed by atoms with Gasteiger partial charge in [-0.2, -0.15) is 0 Å². The average Bonchev–Trinajstić information content (AvgIpc) is 2.66. The third kappa shape index (κ3) is 2.21. The van der Waals surface area contributed by atoms with Gasteiger partial charge in [-0.15, -0.1) is 0 Å². The molecule has 3 N–H and O–H groups in total. The number of nitrogens with two attached hydrogens (primary N) is 1. The molecule has 1 saturated carbocycles. The maximum atomic E-state index is 10.6. The molecular weight excluding hydrogens is 154 g/mol. The van der Waals surface area contributed by atoms with Gasteiger partial charge in [-0.3, -0.25) is 4.79 Å². The van der Waals surface area contributed by atoms with Gasteiger partial charge in [0.1, 0.15) is 5.54 Å². The first-order valence-electron chi connectivity index (χ1n) is 4.38. The van der Waals surface area contributed by atoms with Crippen molar-refractivity contribution in [3.63, 3.8) is 0 Å². The van der Waals surface area contributed by atoms with E-state index in [4.69, 9.17) is 10.8 Å².